The maximum absolute atomic E-state index is 10.6. The van der Waals surface area contributed by atoms with Crippen LogP contribution in [0.4, 0.5) is 13.2 Å². The molecule has 1 heterocycles. The number of benzene rings is 1. The molecule has 0 radical (unpaired) electrons. The van der Waals surface area contributed by atoms with E-state index < -0.39 is 12.1 Å². The van der Waals surface area contributed by atoms with Crippen molar-refractivity contribution in [3.63, 3.8) is 0 Å². The summed E-state index contributed by atoms with van der Waals surface area (Å²) in [5.41, 5.74) is 2.05. The number of aromatic nitrogens is 2. The molecule has 0 atom stereocenters. The minimum absolute atomic E-state index is 0.0979. The second kappa shape index (κ2) is 6.61. The number of halogens is 3. The van der Waals surface area contributed by atoms with Gasteiger partial charge in [-0.2, -0.15) is 13.2 Å². The van der Waals surface area contributed by atoms with Crippen molar-refractivity contribution in [3.8, 4) is 0 Å². The molecule has 0 aliphatic heterocycles. The van der Waals surface area contributed by atoms with Crippen LogP contribution in [0.1, 0.15) is 0 Å². The van der Waals surface area contributed by atoms with Crippen LogP contribution in [0.5, 0.6) is 0 Å². The average molecular weight is 304 g/mol. The van der Waals surface area contributed by atoms with Crippen LogP contribution in [0, 0.1) is 0 Å². The van der Waals surface area contributed by atoms with E-state index in [1.165, 1.54) is 5.30 Å². The molecule has 0 aliphatic carbocycles. The van der Waals surface area contributed by atoms with Crippen LogP contribution >= 0.6 is 7.92 Å². The summed E-state index contributed by atoms with van der Waals surface area (Å²) in [5, 5.41) is 8.46. The van der Waals surface area contributed by atoms with Crippen molar-refractivity contribution in [1.29, 1.82) is 0 Å². The predicted octanol–water partition coefficient (Wildman–Crippen LogP) is 2.63. The monoisotopic (exact) mass is 304 g/mol. The Morgan fingerprint density at radius 1 is 1.20 bits per heavy atom. The summed E-state index contributed by atoms with van der Waals surface area (Å²) in [5.74, 6) is -2.76. The number of nitrogens with zero attached hydrogens (tertiary/aromatic N) is 2. The van der Waals surface area contributed by atoms with E-state index in [1.807, 2.05) is 6.07 Å². The summed E-state index contributed by atoms with van der Waals surface area (Å²) in [6.07, 6.45) is -1.59. The van der Waals surface area contributed by atoms with Crippen molar-refractivity contribution in [2.75, 3.05) is 13.3 Å². The van der Waals surface area contributed by atoms with Gasteiger partial charge in [0, 0.05) is 17.7 Å². The number of rotatable bonds is 1. The maximum Gasteiger partial charge on any atom is 0.490 e. The lowest BCUT2D eigenvalue weighted by atomic mass is 10.3. The van der Waals surface area contributed by atoms with E-state index in [9.17, 15) is 13.2 Å². The first-order chi connectivity index (χ1) is 9.23. The number of carbonyl (C=O) groups is 1. The standard InChI is InChI=1S/C10H11N2P.C2HF3O2/c1-13(2)9-5-3-4-8-10(9)12-7-6-11-8;3-2(4,5)1(6)7/h3-7H,1-2H3;(H,6,7). The largest absolute Gasteiger partial charge is 0.490 e. The normalized spacial score (nSPS) is 11.1. The quantitative estimate of drug-likeness (QED) is 0.823. The zero-order valence-electron chi connectivity index (χ0n) is 10.7. The molecule has 1 aromatic carbocycles. The van der Waals surface area contributed by atoms with Crippen molar-refractivity contribution >= 4 is 30.2 Å². The molecule has 0 unspecified atom stereocenters. The molecule has 0 bridgehead atoms. The molecule has 0 spiro atoms. The lowest BCUT2D eigenvalue weighted by Crippen LogP contribution is -2.21. The number of aliphatic carboxylic acids is 1. The molecule has 1 aromatic heterocycles. The van der Waals surface area contributed by atoms with E-state index in [0.717, 1.165) is 11.0 Å². The van der Waals surface area contributed by atoms with Gasteiger partial charge in [-0.1, -0.05) is 20.1 Å². The van der Waals surface area contributed by atoms with Gasteiger partial charge in [-0.25, -0.2) is 4.79 Å². The number of fused-ring (bicyclic) bond motifs is 1. The van der Waals surface area contributed by atoms with Crippen LogP contribution < -0.4 is 5.30 Å². The number of para-hydroxylation sites is 1. The fourth-order valence-electron chi connectivity index (χ4n) is 1.34. The highest BCUT2D eigenvalue weighted by Gasteiger charge is 2.38. The Hall–Kier alpha value is -1.75. The number of alkyl halides is 3. The molecular formula is C12H12F3N2O2P. The highest BCUT2D eigenvalue weighted by atomic mass is 31.1. The maximum atomic E-state index is 10.6. The molecule has 0 aliphatic rings. The molecule has 0 fully saturated rings. The Bertz CT molecular complexity index is 597. The molecule has 8 heteroatoms. The highest BCUT2D eigenvalue weighted by molar-refractivity contribution is 7.64. The minimum Gasteiger partial charge on any atom is -0.475 e. The molecule has 2 aromatic rings. The van der Waals surface area contributed by atoms with Gasteiger partial charge >= 0.3 is 12.1 Å². The molecule has 0 amide bonds. The highest BCUT2D eigenvalue weighted by Crippen LogP contribution is 2.26. The first-order valence-corrected chi connectivity index (χ1v) is 7.64. The minimum atomic E-state index is -5.08. The molecule has 20 heavy (non-hydrogen) atoms. The van der Waals surface area contributed by atoms with Crippen LogP contribution in [0.25, 0.3) is 11.0 Å². The van der Waals surface area contributed by atoms with Gasteiger partial charge in [0.15, 0.2) is 0 Å². The number of hydrogen-bond donors (Lipinski definition) is 1. The summed E-state index contributed by atoms with van der Waals surface area (Å²) in [4.78, 5) is 17.5. The fraction of sp³-hybridized carbons (Fsp3) is 0.250. The van der Waals surface area contributed by atoms with Gasteiger partial charge in [0.1, 0.15) is 0 Å². The Kier molecular flexibility index (Phi) is 5.39. The third-order valence-electron chi connectivity index (χ3n) is 2.20. The Balaban J connectivity index is 0.000000246. The van der Waals surface area contributed by atoms with Crippen LogP contribution in [-0.4, -0.2) is 40.5 Å². The molecular weight excluding hydrogens is 292 g/mol. The molecule has 2 rings (SSSR count). The van der Waals surface area contributed by atoms with Crippen molar-refractivity contribution in [2.45, 2.75) is 6.18 Å². The number of hydrogen-bond acceptors (Lipinski definition) is 3. The van der Waals surface area contributed by atoms with Gasteiger partial charge in [0.25, 0.3) is 0 Å². The van der Waals surface area contributed by atoms with Gasteiger partial charge in [-0.3, -0.25) is 9.97 Å². The van der Waals surface area contributed by atoms with E-state index in [0.29, 0.717) is 0 Å². The van der Waals surface area contributed by atoms with Crippen molar-refractivity contribution in [3.05, 3.63) is 30.6 Å². The Morgan fingerprint density at radius 3 is 2.25 bits per heavy atom. The molecule has 0 saturated carbocycles. The molecule has 1 N–H and O–H groups in total. The Morgan fingerprint density at radius 2 is 1.75 bits per heavy atom. The molecule has 108 valence electrons. The van der Waals surface area contributed by atoms with Gasteiger partial charge in [-0.15, -0.1) is 0 Å². The van der Waals surface area contributed by atoms with Crippen molar-refractivity contribution in [1.82, 2.24) is 9.97 Å². The van der Waals surface area contributed by atoms with Crippen LogP contribution in [0.2, 0.25) is 0 Å². The van der Waals surface area contributed by atoms with E-state index in [4.69, 9.17) is 9.90 Å². The lowest BCUT2D eigenvalue weighted by molar-refractivity contribution is -0.192. The summed E-state index contributed by atoms with van der Waals surface area (Å²) in [6.45, 7) is 4.47. The van der Waals surface area contributed by atoms with Crippen molar-refractivity contribution < 1.29 is 23.1 Å². The fourth-order valence-corrected chi connectivity index (χ4v) is 2.32. The summed E-state index contributed by atoms with van der Waals surface area (Å²) < 4.78 is 31.7. The summed E-state index contributed by atoms with van der Waals surface area (Å²) >= 11 is 0. The van der Waals surface area contributed by atoms with Gasteiger partial charge in [0.05, 0.1) is 11.0 Å². The summed E-state index contributed by atoms with van der Waals surface area (Å²) in [6, 6.07) is 6.20. The van der Waals surface area contributed by atoms with Gasteiger partial charge < -0.3 is 5.11 Å². The number of carboxylic acid groups (broad SMARTS) is 1. The van der Waals surface area contributed by atoms with Crippen LogP contribution in [0.15, 0.2) is 30.6 Å². The third kappa shape index (κ3) is 4.42. The summed E-state index contributed by atoms with van der Waals surface area (Å²) in [7, 11) is -0.0979. The second-order valence-corrected chi connectivity index (χ2v) is 6.17. The zero-order valence-corrected chi connectivity index (χ0v) is 11.6. The van der Waals surface area contributed by atoms with Gasteiger partial charge in [-0.05, 0) is 19.4 Å². The smallest absolute Gasteiger partial charge is 0.475 e. The lowest BCUT2D eigenvalue weighted by Gasteiger charge is -2.07. The van der Waals surface area contributed by atoms with E-state index >= 15 is 0 Å². The second-order valence-electron chi connectivity index (χ2n) is 3.90. The van der Waals surface area contributed by atoms with E-state index in [2.05, 4.69) is 35.4 Å². The SMILES string of the molecule is CP(C)c1cccc2nccnc12.O=C(O)C(F)(F)F. The molecule has 4 nitrogen and oxygen atoms in total. The van der Waals surface area contributed by atoms with E-state index in [-0.39, 0.29) is 7.92 Å². The Labute approximate surface area is 114 Å². The van der Waals surface area contributed by atoms with Crippen LogP contribution in [0.3, 0.4) is 0 Å². The first-order valence-electron chi connectivity index (χ1n) is 5.40. The third-order valence-corrected chi connectivity index (χ3v) is 3.53. The number of carboxylic acids is 1. The topological polar surface area (TPSA) is 63.1 Å². The van der Waals surface area contributed by atoms with Gasteiger partial charge in [0.2, 0.25) is 0 Å². The predicted molar refractivity (Wildman–Crippen MR) is 71.6 cm³/mol. The van der Waals surface area contributed by atoms with E-state index in [1.54, 1.807) is 12.4 Å². The zero-order chi connectivity index (χ0) is 15.3. The van der Waals surface area contributed by atoms with Crippen LogP contribution in [-0.2, 0) is 4.79 Å². The van der Waals surface area contributed by atoms with Crippen molar-refractivity contribution in [2.24, 2.45) is 0 Å². The first kappa shape index (κ1) is 16.3. The average Bonchev–Trinajstić information content (AvgIpc) is 2.37. The molecule has 0 saturated heterocycles.